The Morgan fingerprint density at radius 1 is 1.64 bits per heavy atom. The molecule has 0 fully saturated rings. The summed E-state index contributed by atoms with van der Waals surface area (Å²) in [7, 11) is 1.36. The average molecular weight is 255 g/mol. The Balaban J connectivity index is 2.77. The third-order valence-electron chi connectivity index (χ3n) is 2.00. The van der Waals surface area contributed by atoms with E-state index in [1.165, 1.54) is 7.11 Å². The summed E-state index contributed by atoms with van der Waals surface area (Å²) in [4.78, 5) is 19.6. The maximum absolute atomic E-state index is 11.4. The van der Waals surface area contributed by atoms with Gasteiger partial charge in [0.2, 0.25) is 0 Å². The molecule has 1 aromatic heterocycles. The summed E-state index contributed by atoms with van der Waals surface area (Å²) in [6.45, 7) is 0.345. The van der Waals surface area contributed by atoms with Crippen LogP contribution < -0.4 is 10.7 Å². The summed E-state index contributed by atoms with van der Waals surface area (Å²) in [6, 6.07) is 1.78. The molecule has 14 heavy (non-hydrogen) atoms. The predicted molar refractivity (Wildman–Crippen MR) is 53.0 cm³/mol. The number of methoxy groups -OCH3 is 1. The smallest absolute Gasteiger partial charge is 0.336 e. The van der Waals surface area contributed by atoms with E-state index in [1.54, 1.807) is 12.3 Å². The molecule has 0 saturated carbocycles. The van der Waals surface area contributed by atoms with E-state index >= 15 is 0 Å². The topological polar surface area (TPSA) is 51.5 Å². The highest BCUT2D eigenvalue weighted by Gasteiger charge is 2.17. The van der Waals surface area contributed by atoms with Gasteiger partial charge in [-0.25, -0.2) is 9.78 Å². The fraction of sp³-hybridized carbons (Fsp3) is 0.222. The highest BCUT2D eigenvalue weighted by molar-refractivity contribution is 9.10. The molecule has 1 aromatic rings. The first-order valence-corrected chi connectivity index (χ1v) is 4.80. The molecule has 0 spiro atoms. The van der Waals surface area contributed by atoms with Gasteiger partial charge in [0, 0.05) is 15.9 Å². The lowest BCUT2D eigenvalue weighted by molar-refractivity contribution is -0.133. The standard InChI is InChI=1S/C9H7BrN2O2/c1-14-9(13)5-4-12-8-7(5)6(10)2-3-11-8/h2-3H,4H2,1H3. The quantitative estimate of drug-likeness (QED) is 0.653. The van der Waals surface area contributed by atoms with E-state index in [9.17, 15) is 4.79 Å². The first kappa shape index (κ1) is 9.33. The van der Waals surface area contributed by atoms with Crippen molar-refractivity contribution in [1.82, 2.24) is 4.98 Å². The fourth-order valence-corrected chi connectivity index (χ4v) is 1.88. The van der Waals surface area contributed by atoms with Crippen LogP contribution in [0.3, 0.4) is 0 Å². The van der Waals surface area contributed by atoms with Crippen molar-refractivity contribution in [2.75, 3.05) is 13.7 Å². The summed E-state index contributed by atoms with van der Waals surface area (Å²) >= 11 is 3.36. The van der Waals surface area contributed by atoms with Crippen LogP contribution in [0.5, 0.6) is 0 Å². The van der Waals surface area contributed by atoms with Crippen LogP contribution in [0, 0.1) is 0 Å². The molecule has 2 rings (SSSR count). The van der Waals surface area contributed by atoms with Gasteiger partial charge in [-0.15, -0.1) is 0 Å². The van der Waals surface area contributed by atoms with E-state index in [2.05, 4.69) is 30.6 Å². The van der Waals surface area contributed by atoms with Crippen molar-refractivity contribution in [2.24, 2.45) is 4.99 Å². The third kappa shape index (κ3) is 1.33. The van der Waals surface area contributed by atoms with E-state index in [0.717, 1.165) is 9.69 Å². The number of aromatic nitrogens is 1. The van der Waals surface area contributed by atoms with Crippen LogP contribution in [0.4, 0.5) is 0 Å². The van der Waals surface area contributed by atoms with Crippen molar-refractivity contribution >= 4 is 27.5 Å². The van der Waals surface area contributed by atoms with Crippen molar-refractivity contribution in [3.8, 4) is 0 Å². The molecule has 0 N–H and O–H groups in total. The number of nitrogens with zero attached hydrogens (tertiary/aromatic N) is 2. The lowest BCUT2D eigenvalue weighted by Crippen LogP contribution is -2.29. The first-order chi connectivity index (χ1) is 6.74. The summed E-state index contributed by atoms with van der Waals surface area (Å²) in [5, 5.41) is 0.749. The number of rotatable bonds is 1. The summed E-state index contributed by atoms with van der Waals surface area (Å²) in [6.07, 6.45) is 1.65. The first-order valence-electron chi connectivity index (χ1n) is 4.00. The molecule has 0 unspecified atom stereocenters. The van der Waals surface area contributed by atoms with Gasteiger partial charge >= 0.3 is 5.97 Å². The lowest BCUT2D eigenvalue weighted by atomic mass is 10.2. The van der Waals surface area contributed by atoms with Crippen molar-refractivity contribution < 1.29 is 9.53 Å². The van der Waals surface area contributed by atoms with E-state index < -0.39 is 0 Å². The highest BCUT2D eigenvalue weighted by Crippen LogP contribution is 2.05. The molecule has 0 radical (unpaired) electrons. The van der Waals surface area contributed by atoms with Gasteiger partial charge in [-0.2, -0.15) is 0 Å². The van der Waals surface area contributed by atoms with Crippen molar-refractivity contribution in [1.29, 1.82) is 0 Å². The average Bonchev–Trinajstić information content (AvgIpc) is 2.62. The van der Waals surface area contributed by atoms with Gasteiger partial charge in [-0.05, 0) is 22.0 Å². The molecule has 0 aromatic carbocycles. The van der Waals surface area contributed by atoms with Gasteiger partial charge in [-0.1, -0.05) is 0 Å². The predicted octanol–water partition coefficient (Wildman–Crippen LogP) is -0.199. The molecule has 0 amide bonds. The Hall–Kier alpha value is -1.23. The molecule has 0 aliphatic carbocycles. The molecular formula is C9H7BrN2O2. The summed E-state index contributed by atoms with van der Waals surface area (Å²) in [5.41, 5.74) is 1.15. The Morgan fingerprint density at radius 3 is 3.14 bits per heavy atom. The fourth-order valence-electron chi connectivity index (χ4n) is 1.35. The number of pyridine rings is 1. The van der Waals surface area contributed by atoms with Crippen LogP contribution in [-0.2, 0) is 9.53 Å². The normalized spacial score (nSPS) is 13.4. The number of carbonyl (C=O) groups excluding carboxylic acids is 1. The number of hydrogen-bond donors (Lipinski definition) is 0. The molecule has 4 nitrogen and oxygen atoms in total. The summed E-state index contributed by atoms with van der Waals surface area (Å²) in [5.74, 6) is -0.346. The van der Waals surface area contributed by atoms with Gasteiger partial charge in [0.15, 0.2) is 5.49 Å². The zero-order valence-corrected chi connectivity index (χ0v) is 9.04. The second-order valence-electron chi connectivity index (χ2n) is 2.78. The van der Waals surface area contributed by atoms with E-state index in [1.807, 2.05) is 0 Å². The van der Waals surface area contributed by atoms with Gasteiger partial charge in [0.05, 0.1) is 19.2 Å². The molecule has 2 heterocycles. The van der Waals surface area contributed by atoms with Crippen molar-refractivity contribution in [2.45, 2.75) is 0 Å². The van der Waals surface area contributed by atoms with Crippen LogP contribution in [0.15, 0.2) is 21.7 Å². The second kappa shape index (κ2) is 3.49. The van der Waals surface area contributed by atoms with Crippen molar-refractivity contribution in [3.05, 3.63) is 27.4 Å². The van der Waals surface area contributed by atoms with Crippen LogP contribution in [0.2, 0.25) is 0 Å². The Kier molecular flexibility index (Phi) is 2.33. The SMILES string of the molecule is COC(=O)C1=c2c(Br)ccnc2=NC1. The molecule has 72 valence electrons. The number of fused-ring (bicyclic) bond motifs is 1. The number of ether oxygens (including phenoxy) is 1. The van der Waals surface area contributed by atoms with Crippen molar-refractivity contribution in [3.63, 3.8) is 0 Å². The van der Waals surface area contributed by atoms with Crippen LogP contribution in [0.1, 0.15) is 0 Å². The number of hydrogen-bond acceptors (Lipinski definition) is 4. The lowest BCUT2D eigenvalue weighted by Gasteiger charge is -1.97. The van der Waals surface area contributed by atoms with Crippen LogP contribution in [0.25, 0.3) is 5.57 Å². The van der Waals surface area contributed by atoms with E-state index in [4.69, 9.17) is 0 Å². The monoisotopic (exact) mass is 254 g/mol. The van der Waals surface area contributed by atoms with Crippen LogP contribution in [-0.4, -0.2) is 24.6 Å². The van der Waals surface area contributed by atoms with Gasteiger partial charge in [0.25, 0.3) is 0 Å². The molecule has 0 atom stereocenters. The Bertz CT molecular complexity index is 510. The number of esters is 1. The van der Waals surface area contributed by atoms with Gasteiger partial charge < -0.3 is 4.74 Å². The van der Waals surface area contributed by atoms with E-state index in [-0.39, 0.29) is 5.97 Å². The Labute approximate surface area is 88.5 Å². The minimum atomic E-state index is -0.346. The largest absolute Gasteiger partial charge is 0.466 e. The maximum Gasteiger partial charge on any atom is 0.336 e. The molecule has 0 saturated heterocycles. The third-order valence-corrected chi connectivity index (χ3v) is 2.66. The highest BCUT2D eigenvalue weighted by atomic mass is 79.9. The number of halogens is 1. The van der Waals surface area contributed by atoms with Gasteiger partial charge in [0.1, 0.15) is 0 Å². The summed E-state index contributed by atoms with van der Waals surface area (Å²) < 4.78 is 5.48. The van der Waals surface area contributed by atoms with Gasteiger partial charge in [-0.3, -0.25) is 4.99 Å². The molecular weight excluding hydrogens is 248 g/mol. The molecule has 5 heteroatoms. The Morgan fingerprint density at radius 2 is 2.43 bits per heavy atom. The molecule has 1 aliphatic heterocycles. The molecule has 0 bridgehead atoms. The molecule has 1 aliphatic rings. The minimum Gasteiger partial charge on any atom is -0.466 e. The van der Waals surface area contributed by atoms with E-state index in [0.29, 0.717) is 17.6 Å². The zero-order valence-electron chi connectivity index (χ0n) is 7.45. The number of carbonyl (C=O) groups is 1. The minimum absolute atomic E-state index is 0.345. The van der Waals surface area contributed by atoms with Crippen LogP contribution >= 0.6 is 15.9 Å². The maximum atomic E-state index is 11.4. The second-order valence-corrected chi connectivity index (χ2v) is 3.63. The zero-order chi connectivity index (χ0) is 10.1.